The molecule has 0 fully saturated rings. The van der Waals surface area contributed by atoms with E-state index in [1.807, 2.05) is 0 Å². The number of carbonyl (C=O) groups excluding carboxylic acids is 4. The Hall–Kier alpha value is -5.20. The van der Waals surface area contributed by atoms with Crippen molar-refractivity contribution in [2.24, 2.45) is 22.2 Å². The van der Waals surface area contributed by atoms with E-state index in [4.69, 9.17) is 31.5 Å². The lowest BCUT2D eigenvalue weighted by molar-refractivity contribution is -0.192. The molecule has 19 heteroatoms. The lowest BCUT2D eigenvalue weighted by Crippen LogP contribution is -2.51. The Morgan fingerprint density at radius 2 is 1.60 bits per heavy atom. The molecule has 0 spiro atoms. The number of halogens is 3. The summed E-state index contributed by atoms with van der Waals surface area (Å²) in [5.41, 5.74) is 17.1. The van der Waals surface area contributed by atoms with E-state index in [-0.39, 0.29) is 18.9 Å². The second-order valence-electron chi connectivity index (χ2n) is 10.1. The highest BCUT2D eigenvalue weighted by molar-refractivity contribution is 5.99. The number of amides is 4. The van der Waals surface area contributed by atoms with E-state index < -0.39 is 60.0 Å². The highest BCUT2D eigenvalue weighted by Crippen LogP contribution is 2.21. The van der Waals surface area contributed by atoms with Crippen molar-refractivity contribution >= 4 is 52.2 Å². The van der Waals surface area contributed by atoms with Gasteiger partial charge in [0.25, 0.3) is 0 Å². The van der Waals surface area contributed by atoms with Gasteiger partial charge in [-0.2, -0.15) is 13.2 Å². The molecule has 260 valence electrons. The van der Waals surface area contributed by atoms with Crippen LogP contribution < -0.4 is 44.1 Å². The maximum absolute atomic E-state index is 13.1. The minimum absolute atomic E-state index is 0.0791. The number of aliphatic imine (C=N–C) groups is 1. The number of anilines is 1. The first-order valence-corrected chi connectivity index (χ1v) is 14.2. The van der Waals surface area contributed by atoms with E-state index in [0.29, 0.717) is 43.5 Å². The van der Waals surface area contributed by atoms with Crippen molar-refractivity contribution in [2.75, 3.05) is 25.0 Å². The molecule has 0 saturated heterocycles. The summed E-state index contributed by atoms with van der Waals surface area (Å²) in [7, 11) is 0. The van der Waals surface area contributed by atoms with Crippen LogP contribution in [0.3, 0.4) is 0 Å². The van der Waals surface area contributed by atoms with Gasteiger partial charge in [-0.1, -0.05) is 0 Å². The molecule has 0 aliphatic heterocycles. The molecule has 2 aromatic rings. The standard InChI is InChI=1S/C26H38N8O6.C2HF3O2/c1-15-12-23(37)40-21-13-17(8-9-18(15)21)33-25(39)20(6-3-4-10-27)34-22(36)14-31-24(38)19(32-16(2)35)7-5-11-30-26(28)29;3-2(4,5)1(6)7/h8-9,12-13,19-20H,3-7,10-11,14,27H2,1-2H3,(H,31,38)(H,32,35)(H,33,39)(H,34,36)(H4,28,29,30);(H,6,7)/t19-,20-;/m0./s1. The Bertz CT molecular complexity index is 1490. The highest BCUT2D eigenvalue weighted by Gasteiger charge is 2.38. The number of benzene rings is 1. The number of fused-ring (bicyclic) bond motifs is 1. The van der Waals surface area contributed by atoms with Crippen molar-refractivity contribution in [1.29, 1.82) is 0 Å². The molecule has 1 aromatic heterocycles. The number of alkyl halides is 3. The molecule has 2 rings (SSSR count). The number of aliphatic carboxylic acids is 1. The average Bonchev–Trinajstić information content (AvgIpc) is 2.96. The topological polar surface area (TPSA) is 274 Å². The molecule has 2 atom stereocenters. The fourth-order valence-corrected chi connectivity index (χ4v) is 3.95. The Balaban J connectivity index is 0.00000141. The van der Waals surface area contributed by atoms with Crippen molar-refractivity contribution in [2.45, 2.75) is 64.2 Å². The minimum atomic E-state index is -5.08. The van der Waals surface area contributed by atoms with Crippen molar-refractivity contribution in [1.82, 2.24) is 16.0 Å². The quantitative estimate of drug-likeness (QED) is 0.0538. The molecular formula is C28H39F3N8O8. The average molecular weight is 673 g/mol. The smallest absolute Gasteiger partial charge is 0.475 e. The molecule has 0 aliphatic carbocycles. The van der Waals surface area contributed by atoms with Crippen LogP contribution in [0.25, 0.3) is 11.0 Å². The molecule has 0 radical (unpaired) electrons. The number of carboxylic acid groups (broad SMARTS) is 1. The van der Waals surface area contributed by atoms with Gasteiger partial charge in [0.15, 0.2) is 5.96 Å². The van der Waals surface area contributed by atoms with Crippen molar-refractivity contribution in [3.8, 4) is 0 Å². The third-order valence-electron chi connectivity index (χ3n) is 6.12. The van der Waals surface area contributed by atoms with Gasteiger partial charge >= 0.3 is 17.8 Å². The summed E-state index contributed by atoms with van der Waals surface area (Å²) < 4.78 is 37.0. The lowest BCUT2D eigenvalue weighted by atomic mass is 10.1. The Labute approximate surface area is 266 Å². The Morgan fingerprint density at radius 3 is 2.17 bits per heavy atom. The van der Waals surface area contributed by atoms with Gasteiger partial charge in [0, 0.05) is 36.7 Å². The van der Waals surface area contributed by atoms with Crippen molar-refractivity contribution in [3.63, 3.8) is 0 Å². The number of unbranched alkanes of at least 4 members (excludes halogenated alkanes) is 1. The van der Waals surface area contributed by atoms with Crippen LogP contribution in [-0.2, 0) is 24.0 Å². The van der Waals surface area contributed by atoms with E-state index in [1.165, 1.54) is 19.1 Å². The maximum atomic E-state index is 13.1. The Kier molecular flexibility index (Phi) is 16.4. The number of aryl methyl sites for hydroxylation is 1. The monoisotopic (exact) mass is 672 g/mol. The van der Waals surface area contributed by atoms with Crippen LogP contribution in [-0.4, -0.2) is 78.6 Å². The molecule has 47 heavy (non-hydrogen) atoms. The third-order valence-corrected chi connectivity index (χ3v) is 6.12. The molecule has 0 bridgehead atoms. The van der Waals surface area contributed by atoms with E-state index in [1.54, 1.807) is 19.1 Å². The van der Waals surface area contributed by atoms with Gasteiger partial charge in [0.2, 0.25) is 23.6 Å². The van der Waals surface area contributed by atoms with E-state index in [9.17, 15) is 37.1 Å². The third kappa shape index (κ3) is 15.6. The number of nitrogens with one attached hydrogen (secondary N) is 4. The fraction of sp³-hybridized carbons (Fsp3) is 0.464. The molecule has 0 saturated carbocycles. The fourth-order valence-electron chi connectivity index (χ4n) is 3.95. The number of rotatable bonds is 15. The van der Waals surface area contributed by atoms with Crippen LogP contribution in [0.4, 0.5) is 18.9 Å². The summed E-state index contributed by atoms with van der Waals surface area (Å²) in [6, 6.07) is 4.51. The molecule has 11 N–H and O–H groups in total. The molecule has 4 amide bonds. The van der Waals surface area contributed by atoms with Crippen LogP contribution in [0.2, 0.25) is 0 Å². The number of nitrogens with zero attached hydrogens (tertiary/aromatic N) is 1. The first kappa shape index (κ1) is 39.8. The van der Waals surface area contributed by atoms with Crippen LogP contribution in [0.15, 0.2) is 38.5 Å². The first-order valence-electron chi connectivity index (χ1n) is 14.2. The largest absolute Gasteiger partial charge is 0.490 e. The number of nitrogens with two attached hydrogens (primary N) is 3. The number of carboxylic acids is 1. The number of hydrogen-bond acceptors (Lipinski definition) is 9. The molecule has 1 aromatic carbocycles. The predicted octanol–water partition coefficient (Wildman–Crippen LogP) is -0.0385. The summed E-state index contributed by atoms with van der Waals surface area (Å²) in [4.78, 5) is 74.3. The SMILES string of the molecule is CC(=O)N[C@@H](CCCN=C(N)N)C(=O)NCC(=O)N[C@@H](CCCCN)C(=O)Nc1ccc2c(C)cc(=O)oc2c1.O=C(O)C(F)(F)F. The van der Waals surface area contributed by atoms with Crippen LogP contribution in [0.5, 0.6) is 0 Å². The van der Waals surface area contributed by atoms with Crippen LogP contribution in [0, 0.1) is 6.92 Å². The normalized spacial score (nSPS) is 12.0. The van der Waals surface area contributed by atoms with Gasteiger partial charge in [-0.05, 0) is 63.3 Å². The van der Waals surface area contributed by atoms with E-state index in [2.05, 4.69) is 26.3 Å². The minimum Gasteiger partial charge on any atom is -0.475 e. The second-order valence-corrected chi connectivity index (χ2v) is 10.1. The molecular weight excluding hydrogens is 633 g/mol. The van der Waals surface area contributed by atoms with Gasteiger partial charge in [0.1, 0.15) is 17.7 Å². The zero-order valence-corrected chi connectivity index (χ0v) is 25.7. The summed E-state index contributed by atoms with van der Waals surface area (Å²) in [6.45, 7) is 3.34. The van der Waals surface area contributed by atoms with Gasteiger partial charge in [-0.3, -0.25) is 24.2 Å². The predicted molar refractivity (Wildman–Crippen MR) is 165 cm³/mol. The molecule has 0 aliphatic rings. The van der Waals surface area contributed by atoms with Crippen LogP contribution in [0.1, 0.15) is 44.6 Å². The zero-order chi connectivity index (χ0) is 35.7. The highest BCUT2D eigenvalue weighted by atomic mass is 19.4. The van der Waals surface area contributed by atoms with Gasteiger partial charge in [0.05, 0.1) is 6.54 Å². The summed E-state index contributed by atoms with van der Waals surface area (Å²) >= 11 is 0. The Morgan fingerprint density at radius 1 is 0.979 bits per heavy atom. The van der Waals surface area contributed by atoms with Gasteiger partial charge in [-0.25, -0.2) is 9.59 Å². The maximum Gasteiger partial charge on any atom is 0.490 e. The summed E-state index contributed by atoms with van der Waals surface area (Å²) in [5.74, 6) is -4.89. The van der Waals surface area contributed by atoms with Gasteiger partial charge in [-0.15, -0.1) is 0 Å². The number of guanidine groups is 1. The van der Waals surface area contributed by atoms with Gasteiger partial charge < -0.3 is 48.0 Å². The second kappa shape index (κ2) is 19.3. The van der Waals surface area contributed by atoms with E-state index >= 15 is 0 Å². The number of hydrogen-bond donors (Lipinski definition) is 8. The first-order chi connectivity index (χ1) is 21.9. The molecule has 0 unspecified atom stereocenters. The molecule has 16 nitrogen and oxygen atoms in total. The van der Waals surface area contributed by atoms with Crippen molar-refractivity contribution < 1.29 is 46.7 Å². The summed E-state index contributed by atoms with van der Waals surface area (Å²) in [5, 5.41) is 18.3. The molecule has 1 heterocycles. The van der Waals surface area contributed by atoms with Crippen LogP contribution >= 0.6 is 0 Å². The lowest BCUT2D eigenvalue weighted by Gasteiger charge is -2.20. The zero-order valence-electron chi connectivity index (χ0n) is 25.7. The number of carbonyl (C=O) groups is 5. The van der Waals surface area contributed by atoms with Crippen molar-refractivity contribution in [3.05, 3.63) is 40.2 Å². The summed E-state index contributed by atoms with van der Waals surface area (Å²) in [6.07, 6.45) is -2.88. The van der Waals surface area contributed by atoms with E-state index in [0.717, 1.165) is 10.9 Å².